The van der Waals surface area contributed by atoms with Gasteiger partial charge in [0.15, 0.2) is 5.82 Å². The molecule has 0 aliphatic heterocycles. The lowest BCUT2D eigenvalue weighted by Crippen LogP contribution is -2.29. The molecule has 0 aliphatic carbocycles. The van der Waals surface area contributed by atoms with Gasteiger partial charge in [0.25, 0.3) is 0 Å². The van der Waals surface area contributed by atoms with Gasteiger partial charge in [0.1, 0.15) is 0 Å². The van der Waals surface area contributed by atoms with Crippen molar-refractivity contribution in [2.24, 2.45) is 7.05 Å². The van der Waals surface area contributed by atoms with E-state index in [0.29, 0.717) is 0 Å². The zero-order valence-electron chi connectivity index (χ0n) is 12.8. The first-order valence-electron chi connectivity index (χ1n) is 7.20. The third-order valence-corrected chi connectivity index (χ3v) is 3.89. The third kappa shape index (κ3) is 4.07. The highest BCUT2D eigenvalue weighted by molar-refractivity contribution is 7.80. The molecule has 21 heavy (non-hydrogen) atoms. The van der Waals surface area contributed by atoms with Gasteiger partial charge in [0, 0.05) is 25.7 Å². The maximum absolute atomic E-state index is 5.58. The molecule has 0 saturated carbocycles. The summed E-state index contributed by atoms with van der Waals surface area (Å²) in [7, 11) is 1.86. The van der Waals surface area contributed by atoms with Crippen LogP contribution in [-0.2, 0) is 13.5 Å². The van der Waals surface area contributed by atoms with Crippen LogP contribution >= 0.6 is 12.2 Å². The number of benzene rings is 1. The zero-order chi connectivity index (χ0) is 15.2. The van der Waals surface area contributed by atoms with Crippen LogP contribution in [0.15, 0.2) is 24.3 Å². The predicted molar refractivity (Wildman–Crippen MR) is 88.5 cm³/mol. The molecule has 0 amide bonds. The van der Waals surface area contributed by atoms with Crippen molar-refractivity contribution in [3.05, 3.63) is 35.7 Å². The summed E-state index contributed by atoms with van der Waals surface area (Å²) in [6.07, 6.45) is 2.66. The van der Waals surface area contributed by atoms with Crippen molar-refractivity contribution in [3.63, 3.8) is 0 Å². The Morgan fingerprint density at radius 2 is 2.00 bits per heavy atom. The van der Waals surface area contributed by atoms with Crippen molar-refractivity contribution in [3.8, 4) is 0 Å². The molecule has 112 valence electrons. The van der Waals surface area contributed by atoms with Gasteiger partial charge in [-0.05, 0) is 49.2 Å². The van der Waals surface area contributed by atoms with E-state index in [0.717, 1.165) is 42.3 Å². The fraction of sp³-hybridized carbons (Fsp3) is 0.467. The summed E-state index contributed by atoms with van der Waals surface area (Å²) in [5.41, 5.74) is 2.42. The van der Waals surface area contributed by atoms with E-state index >= 15 is 0 Å². The second-order valence-electron chi connectivity index (χ2n) is 5.05. The van der Waals surface area contributed by atoms with Crippen LogP contribution in [-0.4, -0.2) is 31.7 Å². The number of nitrogens with zero attached hydrogens (tertiary/aromatic N) is 5. The lowest BCUT2D eigenvalue weighted by molar-refractivity contribution is 0.663. The molecular weight excluding hydrogens is 282 g/mol. The number of anilines is 1. The Hall–Kier alpha value is -1.82. The minimum atomic E-state index is 0.842. The molecule has 0 atom stereocenters. The molecule has 2 aromatic rings. The van der Waals surface area contributed by atoms with Gasteiger partial charge in [0.2, 0.25) is 0 Å². The molecule has 0 saturated heterocycles. The van der Waals surface area contributed by atoms with Crippen LogP contribution in [0.5, 0.6) is 0 Å². The Labute approximate surface area is 131 Å². The molecular formula is C15H21N5S. The summed E-state index contributed by atoms with van der Waals surface area (Å²) in [6, 6.07) is 8.48. The number of rotatable bonds is 6. The van der Waals surface area contributed by atoms with Gasteiger partial charge >= 0.3 is 0 Å². The second kappa shape index (κ2) is 7.26. The molecule has 0 N–H and O–H groups in total. The van der Waals surface area contributed by atoms with Crippen molar-refractivity contribution >= 4 is 22.9 Å². The second-order valence-corrected chi connectivity index (χ2v) is 5.52. The van der Waals surface area contributed by atoms with Crippen molar-refractivity contribution in [1.29, 1.82) is 0 Å². The topological polar surface area (TPSA) is 46.8 Å². The molecule has 0 unspecified atom stereocenters. The number of aromatic nitrogens is 4. The highest BCUT2D eigenvalue weighted by Crippen LogP contribution is 2.17. The summed E-state index contributed by atoms with van der Waals surface area (Å²) < 4.78 is 1.71. The quantitative estimate of drug-likeness (QED) is 0.768. The molecule has 0 radical (unpaired) electrons. The van der Waals surface area contributed by atoms with Crippen LogP contribution in [0.2, 0.25) is 0 Å². The first-order valence-corrected chi connectivity index (χ1v) is 7.61. The molecule has 1 heterocycles. The van der Waals surface area contributed by atoms with E-state index in [1.54, 1.807) is 4.68 Å². The summed E-state index contributed by atoms with van der Waals surface area (Å²) >= 11 is 5.58. The summed E-state index contributed by atoms with van der Waals surface area (Å²) in [4.78, 5) is 3.15. The number of hydrogen-bond acceptors (Lipinski definition) is 4. The van der Waals surface area contributed by atoms with Crippen LogP contribution in [0.1, 0.15) is 31.2 Å². The van der Waals surface area contributed by atoms with Gasteiger partial charge in [-0.3, -0.25) is 0 Å². The number of thiocarbonyl (C=S) groups is 1. The van der Waals surface area contributed by atoms with Crippen molar-refractivity contribution in [2.45, 2.75) is 33.1 Å². The molecule has 0 bridgehead atoms. The van der Waals surface area contributed by atoms with Crippen LogP contribution in [0.3, 0.4) is 0 Å². The Morgan fingerprint density at radius 3 is 2.57 bits per heavy atom. The summed E-state index contributed by atoms with van der Waals surface area (Å²) in [5.74, 6) is 0.899. The highest BCUT2D eigenvalue weighted by atomic mass is 32.1. The third-order valence-electron chi connectivity index (χ3n) is 3.46. The first-order chi connectivity index (χ1) is 10.1. The van der Waals surface area contributed by atoms with Crippen LogP contribution in [0.4, 0.5) is 5.69 Å². The van der Waals surface area contributed by atoms with E-state index in [-0.39, 0.29) is 0 Å². The number of tetrazole rings is 1. The molecule has 0 spiro atoms. The largest absolute Gasteiger partial charge is 0.336 e. The minimum absolute atomic E-state index is 0.842. The van der Waals surface area contributed by atoms with E-state index in [1.807, 2.05) is 7.05 Å². The molecule has 1 aromatic heterocycles. The summed E-state index contributed by atoms with van der Waals surface area (Å²) in [6.45, 7) is 5.10. The Bertz CT molecular complexity index is 590. The SMILES string of the molecule is CCN(C(=S)CCCc1nnnn1C)c1ccc(C)cc1. The lowest BCUT2D eigenvalue weighted by Gasteiger charge is -2.24. The number of hydrogen-bond donors (Lipinski definition) is 0. The standard InChI is InChI=1S/C15H21N5S/c1-4-20(13-10-8-12(2)9-11-13)15(21)7-5-6-14-16-17-18-19(14)3/h8-11H,4-7H2,1-3H3. The maximum atomic E-state index is 5.58. The van der Waals surface area contributed by atoms with E-state index < -0.39 is 0 Å². The van der Waals surface area contributed by atoms with Gasteiger partial charge in [-0.2, -0.15) is 0 Å². The number of aryl methyl sites for hydroxylation is 3. The average molecular weight is 303 g/mol. The smallest absolute Gasteiger partial charge is 0.150 e. The van der Waals surface area contributed by atoms with Gasteiger partial charge in [-0.25, -0.2) is 4.68 Å². The van der Waals surface area contributed by atoms with Crippen molar-refractivity contribution in [1.82, 2.24) is 20.2 Å². The van der Waals surface area contributed by atoms with Gasteiger partial charge < -0.3 is 4.90 Å². The first kappa shape index (κ1) is 15.6. The van der Waals surface area contributed by atoms with Gasteiger partial charge in [0.05, 0.1) is 4.99 Å². The van der Waals surface area contributed by atoms with Crippen LogP contribution < -0.4 is 4.90 Å². The highest BCUT2D eigenvalue weighted by Gasteiger charge is 2.10. The van der Waals surface area contributed by atoms with Gasteiger partial charge in [-0.1, -0.05) is 29.9 Å². The Balaban J connectivity index is 1.91. The lowest BCUT2D eigenvalue weighted by atomic mass is 10.2. The molecule has 1 aromatic carbocycles. The fourth-order valence-corrected chi connectivity index (χ4v) is 2.60. The van der Waals surface area contributed by atoms with E-state index in [2.05, 4.69) is 58.5 Å². The van der Waals surface area contributed by atoms with Crippen molar-refractivity contribution < 1.29 is 0 Å². The van der Waals surface area contributed by atoms with Crippen LogP contribution in [0.25, 0.3) is 0 Å². The molecule has 5 nitrogen and oxygen atoms in total. The Morgan fingerprint density at radius 1 is 1.29 bits per heavy atom. The fourth-order valence-electron chi connectivity index (χ4n) is 2.22. The van der Waals surface area contributed by atoms with Crippen LogP contribution in [0, 0.1) is 6.92 Å². The van der Waals surface area contributed by atoms with E-state index in [4.69, 9.17) is 12.2 Å². The monoisotopic (exact) mass is 303 g/mol. The van der Waals surface area contributed by atoms with E-state index in [1.165, 1.54) is 5.56 Å². The maximum Gasteiger partial charge on any atom is 0.150 e. The molecule has 6 heteroatoms. The summed E-state index contributed by atoms with van der Waals surface area (Å²) in [5, 5.41) is 11.5. The Kier molecular flexibility index (Phi) is 5.38. The average Bonchev–Trinajstić information content (AvgIpc) is 2.87. The zero-order valence-corrected chi connectivity index (χ0v) is 13.6. The van der Waals surface area contributed by atoms with E-state index in [9.17, 15) is 0 Å². The normalized spacial score (nSPS) is 10.6. The predicted octanol–water partition coefficient (Wildman–Crippen LogP) is 2.70. The minimum Gasteiger partial charge on any atom is -0.336 e. The molecule has 2 rings (SSSR count). The molecule has 0 aliphatic rings. The van der Waals surface area contributed by atoms with Crippen molar-refractivity contribution in [2.75, 3.05) is 11.4 Å². The van der Waals surface area contributed by atoms with Gasteiger partial charge in [-0.15, -0.1) is 5.10 Å². The molecule has 0 fully saturated rings.